The quantitative estimate of drug-likeness (QED) is 0.717. The van der Waals surface area contributed by atoms with Crippen LogP contribution in [0.1, 0.15) is 17.7 Å². The van der Waals surface area contributed by atoms with E-state index in [0.29, 0.717) is 43.0 Å². The Morgan fingerprint density at radius 3 is 2.74 bits per heavy atom. The van der Waals surface area contributed by atoms with Gasteiger partial charge in [0.1, 0.15) is 12.1 Å². The number of nitrogens with one attached hydrogen (secondary N) is 1. The summed E-state index contributed by atoms with van der Waals surface area (Å²) in [6.45, 7) is 4.61. The third-order valence-electron chi connectivity index (χ3n) is 4.93. The van der Waals surface area contributed by atoms with Gasteiger partial charge in [0, 0.05) is 44.4 Å². The molecule has 140 valence electrons. The number of hydrogen-bond acceptors (Lipinski definition) is 6. The van der Waals surface area contributed by atoms with Crippen molar-refractivity contribution in [3.8, 4) is 0 Å². The zero-order valence-electron chi connectivity index (χ0n) is 15.1. The van der Waals surface area contributed by atoms with Gasteiger partial charge in [-0.15, -0.1) is 0 Å². The molecule has 1 amide bonds. The summed E-state index contributed by atoms with van der Waals surface area (Å²) in [5.41, 5.74) is 0.986. The van der Waals surface area contributed by atoms with Crippen LogP contribution in [-0.2, 0) is 11.2 Å². The highest BCUT2D eigenvalue weighted by Crippen LogP contribution is 2.14. The van der Waals surface area contributed by atoms with E-state index in [2.05, 4.69) is 25.0 Å². The first-order chi connectivity index (χ1) is 13.1. The second-order valence-corrected chi connectivity index (χ2v) is 6.56. The molecule has 0 bridgehead atoms. The Bertz CT molecular complexity index is 1000. The lowest BCUT2D eigenvalue weighted by Crippen LogP contribution is -2.49. The fourth-order valence-electron chi connectivity index (χ4n) is 3.40. The van der Waals surface area contributed by atoms with Crippen LogP contribution in [0.15, 0.2) is 35.5 Å². The molecular formula is C18H21N7O2. The molecule has 1 fully saturated rings. The Hall–Kier alpha value is -3.23. The third-order valence-corrected chi connectivity index (χ3v) is 4.93. The smallest absolute Gasteiger partial charge is 0.277 e. The van der Waals surface area contributed by atoms with E-state index < -0.39 is 0 Å². The molecule has 9 heteroatoms. The summed E-state index contributed by atoms with van der Waals surface area (Å²) in [6.07, 6.45) is 3.87. The molecule has 3 aromatic heterocycles. The molecule has 27 heavy (non-hydrogen) atoms. The zero-order chi connectivity index (χ0) is 18.8. The minimum absolute atomic E-state index is 0.0594. The van der Waals surface area contributed by atoms with Crippen LogP contribution in [-0.4, -0.2) is 61.6 Å². The molecule has 3 aromatic rings. The molecule has 9 nitrogen and oxygen atoms in total. The van der Waals surface area contributed by atoms with Gasteiger partial charge in [-0.2, -0.15) is 4.52 Å². The predicted molar refractivity (Wildman–Crippen MR) is 99.7 cm³/mol. The van der Waals surface area contributed by atoms with E-state index in [1.165, 1.54) is 10.8 Å². The number of carbonyl (C=O) groups is 1. The Morgan fingerprint density at radius 1 is 1.19 bits per heavy atom. The maximum Gasteiger partial charge on any atom is 0.277 e. The van der Waals surface area contributed by atoms with Crippen LogP contribution in [0.2, 0.25) is 0 Å². The summed E-state index contributed by atoms with van der Waals surface area (Å²) >= 11 is 0. The molecule has 1 N–H and O–H groups in total. The number of aryl methyl sites for hydroxylation is 1. The van der Waals surface area contributed by atoms with Crippen molar-refractivity contribution < 1.29 is 4.79 Å². The van der Waals surface area contributed by atoms with Gasteiger partial charge in [-0.1, -0.05) is 6.07 Å². The SMILES string of the molecule is Cc1nc2nc[nH]n2c(=O)c1CCC(=O)N1CCN(c2ccccn2)CC1. The molecule has 4 heterocycles. The number of pyridine rings is 1. The minimum Gasteiger partial charge on any atom is -0.353 e. The fraction of sp³-hybridized carbons (Fsp3) is 0.389. The number of H-pyrrole nitrogens is 1. The van der Waals surface area contributed by atoms with E-state index in [0.717, 1.165) is 18.9 Å². The summed E-state index contributed by atoms with van der Waals surface area (Å²) in [6, 6.07) is 5.83. The van der Waals surface area contributed by atoms with E-state index >= 15 is 0 Å². The molecular weight excluding hydrogens is 346 g/mol. The highest BCUT2D eigenvalue weighted by atomic mass is 16.2. The van der Waals surface area contributed by atoms with Gasteiger partial charge in [0.15, 0.2) is 0 Å². The molecule has 0 aromatic carbocycles. The lowest BCUT2D eigenvalue weighted by atomic mass is 10.1. The van der Waals surface area contributed by atoms with Gasteiger partial charge in [-0.3, -0.25) is 14.7 Å². The minimum atomic E-state index is -0.192. The van der Waals surface area contributed by atoms with Crippen molar-refractivity contribution in [2.75, 3.05) is 31.1 Å². The normalized spacial score (nSPS) is 14.7. The Labute approximate surface area is 155 Å². The van der Waals surface area contributed by atoms with Gasteiger partial charge in [-0.05, 0) is 25.5 Å². The molecule has 0 radical (unpaired) electrons. The topological polar surface area (TPSA) is 99.5 Å². The van der Waals surface area contributed by atoms with Crippen molar-refractivity contribution in [1.82, 2.24) is 29.5 Å². The van der Waals surface area contributed by atoms with Crippen LogP contribution in [0.3, 0.4) is 0 Å². The molecule has 0 saturated carbocycles. The lowest BCUT2D eigenvalue weighted by molar-refractivity contribution is -0.131. The van der Waals surface area contributed by atoms with E-state index in [-0.39, 0.29) is 11.5 Å². The Kier molecular flexibility index (Phi) is 4.57. The average Bonchev–Trinajstić information content (AvgIpc) is 3.17. The summed E-state index contributed by atoms with van der Waals surface area (Å²) in [7, 11) is 0. The first-order valence-electron chi connectivity index (χ1n) is 8.99. The first-order valence-corrected chi connectivity index (χ1v) is 8.99. The molecule has 1 aliphatic heterocycles. The second kappa shape index (κ2) is 7.18. The maximum atomic E-state index is 12.6. The summed E-state index contributed by atoms with van der Waals surface area (Å²) in [5.74, 6) is 1.34. The van der Waals surface area contributed by atoms with Crippen molar-refractivity contribution in [2.45, 2.75) is 19.8 Å². The van der Waals surface area contributed by atoms with E-state index in [9.17, 15) is 9.59 Å². The maximum absolute atomic E-state index is 12.6. The number of rotatable bonds is 4. The van der Waals surface area contributed by atoms with Crippen LogP contribution in [0.5, 0.6) is 0 Å². The predicted octanol–water partition coefficient (Wildman–Crippen LogP) is 0.402. The highest BCUT2D eigenvalue weighted by Gasteiger charge is 2.22. The fourth-order valence-corrected chi connectivity index (χ4v) is 3.40. The third kappa shape index (κ3) is 3.40. The van der Waals surface area contributed by atoms with E-state index in [1.807, 2.05) is 23.1 Å². The average molecular weight is 367 g/mol. The molecule has 1 aliphatic rings. The number of fused-ring (bicyclic) bond motifs is 1. The van der Waals surface area contributed by atoms with Crippen molar-refractivity contribution in [1.29, 1.82) is 0 Å². The molecule has 0 spiro atoms. The number of aromatic amines is 1. The van der Waals surface area contributed by atoms with Gasteiger partial charge in [0.05, 0.1) is 5.69 Å². The van der Waals surface area contributed by atoms with Crippen LogP contribution >= 0.6 is 0 Å². The van der Waals surface area contributed by atoms with Gasteiger partial charge in [0.25, 0.3) is 11.3 Å². The standard InChI is InChI=1S/C18H21N7O2/c1-13-14(17(27)25-18(22-13)20-12-21-25)5-6-16(26)24-10-8-23(9-11-24)15-4-2-3-7-19-15/h2-4,7,12H,5-6,8-11H2,1H3,(H,20,21,22). The monoisotopic (exact) mass is 367 g/mol. The number of aromatic nitrogens is 5. The van der Waals surface area contributed by atoms with Crippen LogP contribution in [0.25, 0.3) is 5.78 Å². The zero-order valence-corrected chi connectivity index (χ0v) is 15.1. The van der Waals surface area contributed by atoms with E-state index in [4.69, 9.17) is 0 Å². The van der Waals surface area contributed by atoms with Gasteiger partial charge >= 0.3 is 0 Å². The Morgan fingerprint density at radius 2 is 2.00 bits per heavy atom. The van der Waals surface area contributed by atoms with Gasteiger partial charge in [0.2, 0.25) is 5.91 Å². The van der Waals surface area contributed by atoms with Crippen molar-refractivity contribution in [2.24, 2.45) is 0 Å². The molecule has 0 unspecified atom stereocenters. The highest BCUT2D eigenvalue weighted by molar-refractivity contribution is 5.76. The molecule has 0 atom stereocenters. The van der Waals surface area contributed by atoms with Crippen LogP contribution in [0, 0.1) is 6.92 Å². The van der Waals surface area contributed by atoms with Gasteiger partial charge < -0.3 is 9.80 Å². The lowest BCUT2D eigenvalue weighted by Gasteiger charge is -2.35. The van der Waals surface area contributed by atoms with Crippen molar-refractivity contribution in [3.63, 3.8) is 0 Å². The van der Waals surface area contributed by atoms with E-state index in [1.54, 1.807) is 13.1 Å². The second-order valence-electron chi connectivity index (χ2n) is 6.56. The van der Waals surface area contributed by atoms with Gasteiger partial charge in [-0.25, -0.2) is 15.0 Å². The van der Waals surface area contributed by atoms with Crippen molar-refractivity contribution in [3.05, 3.63) is 52.3 Å². The summed E-state index contributed by atoms with van der Waals surface area (Å²) in [4.78, 5) is 41.8. The number of hydrogen-bond donors (Lipinski definition) is 1. The number of anilines is 1. The summed E-state index contributed by atoms with van der Waals surface area (Å²) < 4.78 is 1.30. The number of amides is 1. The Balaban J connectivity index is 1.37. The molecule has 1 saturated heterocycles. The molecule has 0 aliphatic carbocycles. The number of piperazine rings is 1. The van der Waals surface area contributed by atoms with Crippen LogP contribution in [0.4, 0.5) is 5.82 Å². The summed E-state index contributed by atoms with van der Waals surface area (Å²) in [5, 5.41) is 2.75. The number of carbonyl (C=O) groups excluding carboxylic acids is 1. The largest absolute Gasteiger partial charge is 0.353 e. The van der Waals surface area contributed by atoms with Crippen molar-refractivity contribution >= 4 is 17.5 Å². The van der Waals surface area contributed by atoms with Crippen LogP contribution < -0.4 is 10.5 Å². The first kappa shape index (κ1) is 17.2. The number of nitrogens with zero attached hydrogens (tertiary/aromatic N) is 6. The molecule has 4 rings (SSSR count).